The highest BCUT2D eigenvalue weighted by molar-refractivity contribution is 4.97. The lowest BCUT2D eigenvalue weighted by molar-refractivity contribution is 0.0891. The van der Waals surface area contributed by atoms with E-state index < -0.39 is 0 Å². The summed E-state index contributed by atoms with van der Waals surface area (Å²) in [6.07, 6.45) is 12.3. The van der Waals surface area contributed by atoms with Crippen LogP contribution in [0.2, 0.25) is 0 Å². The molecule has 88 valence electrons. The molecule has 0 aliphatic heterocycles. The number of rotatable bonds is 1. The van der Waals surface area contributed by atoms with E-state index in [9.17, 15) is 0 Å². The van der Waals surface area contributed by atoms with Crippen LogP contribution in [0.4, 0.5) is 0 Å². The smallest absolute Gasteiger partial charge is 0.0183 e. The van der Waals surface area contributed by atoms with E-state index in [-0.39, 0.29) is 5.54 Å². The molecule has 2 N–H and O–H groups in total. The Morgan fingerprint density at radius 3 is 2.20 bits per heavy atom. The normalized spacial score (nSPS) is 35.0. The Morgan fingerprint density at radius 1 is 0.933 bits per heavy atom. The van der Waals surface area contributed by atoms with Crippen LogP contribution in [-0.4, -0.2) is 5.54 Å². The molecule has 0 aromatic carbocycles. The maximum atomic E-state index is 6.65. The third-order valence-corrected chi connectivity index (χ3v) is 4.80. The molecule has 2 aliphatic rings. The molecule has 15 heavy (non-hydrogen) atoms. The summed E-state index contributed by atoms with van der Waals surface area (Å²) in [6.45, 7) is 4.84. The van der Waals surface area contributed by atoms with Gasteiger partial charge in [0.1, 0.15) is 0 Å². The maximum absolute atomic E-state index is 6.65. The van der Waals surface area contributed by atoms with Crippen LogP contribution >= 0.6 is 0 Å². The average Bonchev–Trinajstić information content (AvgIpc) is 2.17. The van der Waals surface area contributed by atoms with Gasteiger partial charge in [-0.2, -0.15) is 0 Å². The summed E-state index contributed by atoms with van der Waals surface area (Å²) in [4.78, 5) is 0. The van der Waals surface area contributed by atoms with Gasteiger partial charge in [-0.05, 0) is 43.4 Å². The van der Waals surface area contributed by atoms with Crippen LogP contribution in [0.3, 0.4) is 0 Å². The first-order valence-corrected chi connectivity index (χ1v) is 6.81. The molecule has 0 spiro atoms. The zero-order valence-electron chi connectivity index (χ0n) is 10.5. The SMILES string of the molecule is CC1(C)CCCC(C2(N)CCCCC2)C1. The van der Waals surface area contributed by atoms with Crippen molar-refractivity contribution < 1.29 is 0 Å². The van der Waals surface area contributed by atoms with E-state index in [0.29, 0.717) is 5.41 Å². The fourth-order valence-electron chi connectivity index (χ4n) is 3.81. The van der Waals surface area contributed by atoms with Crippen molar-refractivity contribution in [3.8, 4) is 0 Å². The number of hydrogen-bond donors (Lipinski definition) is 1. The predicted molar refractivity (Wildman–Crippen MR) is 65.7 cm³/mol. The molecule has 2 saturated carbocycles. The van der Waals surface area contributed by atoms with Gasteiger partial charge in [-0.25, -0.2) is 0 Å². The molecular formula is C14H27N. The van der Waals surface area contributed by atoms with Crippen molar-refractivity contribution in [2.24, 2.45) is 17.1 Å². The molecule has 2 aliphatic carbocycles. The van der Waals surface area contributed by atoms with Gasteiger partial charge in [-0.1, -0.05) is 39.5 Å². The van der Waals surface area contributed by atoms with E-state index in [1.165, 1.54) is 57.8 Å². The minimum atomic E-state index is 0.204. The molecule has 0 aromatic rings. The second kappa shape index (κ2) is 4.08. The molecule has 0 radical (unpaired) electrons. The van der Waals surface area contributed by atoms with Crippen LogP contribution in [0, 0.1) is 11.3 Å². The minimum absolute atomic E-state index is 0.204. The van der Waals surface area contributed by atoms with Gasteiger partial charge < -0.3 is 5.73 Å². The molecule has 0 amide bonds. The Bertz CT molecular complexity index is 213. The van der Waals surface area contributed by atoms with Crippen molar-refractivity contribution in [3.63, 3.8) is 0 Å². The van der Waals surface area contributed by atoms with Gasteiger partial charge in [0.2, 0.25) is 0 Å². The minimum Gasteiger partial charge on any atom is -0.325 e. The van der Waals surface area contributed by atoms with Crippen LogP contribution in [-0.2, 0) is 0 Å². The first-order chi connectivity index (χ1) is 7.02. The van der Waals surface area contributed by atoms with Gasteiger partial charge in [0.25, 0.3) is 0 Å². The van der Waals surface area contributed by atoms with E-state index in [4.69, 9.17) is 5.73 Å². The summed E-state index contributed by atoms with van der Waals surface area (Å²) in [5, 5.41) is 0. The molecule has 0 saturated heterocycles. The second-order valence-corrected chi connectivity index (χ2v) is 6.75. The van der Waals surface area contributed by atoms with Crippen molar-refractivity contribution in [2.75, 3.05) is 0 Å². The zero-order chi connectivity index (χ0) is 10.9. The molecule has 2 rings (SSSR count). The van der Waals surface area contributed by atoms with Crippen LogP contribution in [0.1, 0.15) is 71.6 Å². The summed E-state index contributed by atoms with van der Waals surface area (Å²) in [5.74, 6) is 0.807. The lowest BCUT2D eigenvalue weighted by Gasteiger charge is -2.46. The third-order valence-electron chi connectivity index (χ3n) is 4.80. The Morgan fingerprint density at radius 2 is 1.60 bits per heavy atom. The Hall–Kier alpha value is -0.0400. The van der Waals surface area contributed by atoms with Crippen molar-refractivity contribution in [3.05, 3.63) is 0 Å². The van der Waals surface area contributed by atoms with E-state index >= 15 is 0 Å². The molecule has 2 fully saturated rings. The lowest BCUT2D eigenvalue weighted by atomic mass is 9.62. The molecule has 0 heterocycles. The fraction of sp³-hybridized carbons (Fsp3) is 1.00. The van der Waals surface area contributed by atoms with Crippen LogP contribution < -0.4 is 5.73 Å². The van der Waals surface area contributed by atoms with Gasteiger partial charge in [0.15, 0.2) is 0 Å². The van der Waals surface area contributed by atoms with Crippen LogP contribution in [0.5, 0.6) is 0 Å². The molecule has 1 atom stereocenters. The average molecular weight is 209 g/mol. The van der Waals surface area contributed by atoms with Crippen molar-refractivity contribution in [1.29, 1.82) is 0 Å². The quantitative estimate of drug-likeness (QED) is 0.697. The van der Waals surface area contributed by atoms with E-state index in [1.807, 2.05) is 0 Å². The van der Waals surface area contributed by atoms with Crippen LogP contribution in [0.15, 0.2) is 0 Å². The van der Waals surface area contributed by atoms with Gasteiger partial charge in [-0.15, -0.1) is 0 Å². The lowest BCUT2D eigenvalue weighted by Crippen LogP contribution is -2.51. The fourth-order valence-corrected chi connectivity index (χ4v) is 3.81. The number of nitrogens with two attached hydrogens (primary N) is 1. The standard InChI is InChI=1S/C14H27N/c1-13(2)8-6-7-12(11-13)14(15)9-4-3-5-10-14/h12H,3-11,15H2,1-2H3. The number of hydrogen-bond acceptors (Lipinski definition) is 1. The molecule has 0 bridgehead atoms. The second-order valence-electron chi connectivity index (χ2n) is 6.75. The molecule has 1 nitrogen and oxygen atoms in total. The van der Waals surface area contributed by atoms with Gasteiger partial charge in [0, 0.05) is 5.54 Å². The highest BCUT2D eigenvalue weighted by atomic mass is 14.8. The maximum Gasteiger partial charge on any atom is 0.0183 e. The monoisotopic (exact) mass is 209 g/mol. The molecule has 1 unspecified atom stereocenters. The topological polar surface area (TPSA) is 26.0 Å². The van der Waals surface area contributed by atoms with Crippen molar-refractivity contribution >= 4 is 0 Å². The Labute approximate surface area is 94.8 Å². The van der Waals surface area contributed by atoms with E-state index in [0.717, 1.165) is 5.92 Å². The highest BCUT2D eigenvalue weighted by Crippen LogP contribution is 2.46. The van der Waals surface area contributed by atoms with Crippen LogP contribution in [0.25, 0.3) is 0 Å². The van der Waals surface area contributed by atoms with Crippen molar-refractivity contribution in [2.45, 2.75) is 77.2 Å². The van der Waals surface area contributed by atoms with Crippen molar-refractivity contribution in [1.82, 2.24) is 0 Å². The molecular weight excluding hydrogens is 182 g/mol. The van der Waals surface area contributed by atoms with E-state index in [2.05, 4.69) is 13.8 Å². The van der Waals surface area contributed by atoms with Gasteiger partial charge in [-0.3, -0.25) is 0 Å². The summed E-state index contributed by atoms with van der Waals surface area (Å²) >= 11 is 0. The third kappa shape index (κ3) is 2.55. The summed E-state index contributed by atoms with van der Waals surface area (Å²) in [6, 6.07) is 0. The predicted octanol–water partition coefficient (Wildman–Crippen LogP) is 3.86. The Kier molecular flexibility index (Phi) is 3.12. The largest absolute Gasteiger partial charge is 0.325 e. The Balaban J connectivity index is 2.02. The summed E-state index contributed by atoms with van der Waals surface area (Å²) in [5.41, 5.74) is 7.41. The molecule has 1 heteroatoms. The zero-order valence-corrected chi connectivity index (χ0v) is 10.5. The first-order valence-electron chi connectivity index (χ1n) is 6.81. The van der Waals surface area contributed by atoms with Gasteiger partial charge >= 0.3 is 0 Å². The van der Waals surface area contributed by atoms with Gasteiger partial charge in [0.05, 0.1) is 0 Å². The summed E-state index contributed by atoms with van der Waals surface area (Å²) < 4.78 is 0. The van der Waals surface area contributed by atoms with E-state index in [1.54, 1.807) is 0 Å². The highest BCUT2D eigenvalue weighted by Gasteiger charge is 2.40. The molecule has 0 aromatic heterocycles. The first kappa shape index (κ1) is 11.4. The summed E-state index contributed by atoms with van der Waals surface area (Å²) in [7, 11) is 0.